The summed E-state index contributed by atoms with van der Waals surface area (Å²) in [7, 11) is 0. The van der Waals surface area contributed by atoms with Crippen LogP contribution in [-0.2, 0) is 0 Å². The molecule has 0 unspecified atom stereocenters. The van der Waals surface area contributed by atoms with E-state index in [1.807, 2.05) is 0 Å². The number of aromatic nitrogens is 2. The highest BCUT2D eigenvalue weighted by atomic mass is 35.5. The van der Waals surface area contributed by atoms with Crippen LogP contribution in [0.15, 0.2) is 42.5 Å². The first-order chi connectivity index (χ1) is 11.0. The predicted molar refractivity (Wildman–Crippen MR) is 88.0 cm³/mol. The minimum Gasteiger partial charge on any atom is -0.304 e. The van der Waals surface area contributed by atoms with Gasteiger partial charge in [-0.15, -0.1) is 11.3 Å². The van der Waals surface area contributed by atoms with Crippen molar-refractivity contribution in [3.63, 3.8) is 0 Å². The normalized spacial score (nSPS) is 10.5. The van der Waals surface area contributed by atoms with E-state index >= 15 is 0 Å². The van der Waals surface area contributed by atoms with Gasteiger partial charge in [0, 0.05) is 23.8 Å². The monoisotopic (exact) mass is 348 g/mol. The molecule has 7 nitrogen and oxygen atoms in total. The number of nitro groups is 1. The maximum absolute atomic E-state index is 12.0. The van der Waals surface area contributed by atoms with Crippen LogP contribution in [-0.4, -0.2) is 21.0 Å². The molecule has 0 bridgehead atoms. The SMILES string of the molecule is O=C(Nc1cc(-c2cccc([N+](=O)[O-])c2)[nH]n1)c1ccc(Cl)s1. The van der Waals surface area contributed by atoms with Crippen molar-refractivity contribution in [2.24, 2.45) is 0 Å². The lowest BCUT2D eigenvalue weighted by atomic mass is 10.1. The van der Waals surface area contributed by atoms with Crippen LogP contribution in [0.25, 0.3) is 11.3 Å². The number of carbonyl (C=O) groups is 1. The first-order valence-corrected chi connectivity index (χ1v) is 7.59. The topological polar surface area (TPSA) is 101 Å². The molecule has 0 saturated carbocycles. The second-order valence-corrected chi connectivity index (χ2v) is 6.25. The number of nitrogens with zero attached hydrogens (tertiary/aromatic N) is 2. The molecule has 2 heterocycles. The third-order valence-corrected chi connectivity index (χ3v) is 4.21. The van der Waals surface area contributed by atoms with Crippen LogP contribution in [0.3, 0.4) is 0 Å². The Hall–Kier alpha value is -2.71. The van der Waals surface area contributed by atoms with Crippen molar-refractivity contribution in [1.82, 2.24) is 10.2 Å². The van der Waals surface area contributed by atoms with Gasteiger partial charge in [-0.3, -0.25) is 20.0 Å². The Morgan fingerprint density at radius 3 is 2.83 bits per heavy atom. The van der Waals surface area contributed by atoms with Gasteiger partial charge in [0.05, 0.1) is 19.8 Å². The summed E-state index contributed by atoms with van der Waals surface area (Å²) in [4.78, 5) is 22.8. The maximum Gasteiger partial charge on any atom is 0.270 e. The van der Waals surface area contributed by atoms with Crippen LogP contribution in [0, 0.1) is 10.1 Å². The number of hydrogen-bond donors (Lipinski definition) is 2. The van der Waals surface area contributed by atoms with E-state index < -0.39 is 4.92 Å². The van der Waals surface area contributed by atoms with E-state index in [1.165, 1.54) is 12.1 Å². The summed E-state index contributed by atoms with van der Waals surface area (Å²) >= 11 is 6.96. The Kier molecular flexibility index (Phi) is 4.09. The van der Waals surface area contributed by atoms with Gasteiger partial charge < -0.3 is 5.32 Å². The van der Waals surface area contributed by atoms with Gasteiger partial charge in [0.1, 0.15) is 0 Å². The second kappa shape index (κ2) is 6.19. The predicted octanol–water partition coefficient (Wildman–Crippen LogP) is 3.95. The number of halogens is 1. The van der Waals surface area contributed by atoms with Crippen molar-refractivity contribution in [3.05, 3.63) is 61.8 Å². The molecule has 0 fully saturated rings. The van der Waals surface area contributed by atoms with E-state index in [4.69, 9.17) is 11.6 Å². The van der Waals surface area contributed by atoms with Crippen LogP contribution in [0.2, 0.25) is 4.34 Å². The summed E-state index contributed by atoms with van der Waals surface area (Å²) in [6.45, 7) is 0. The zero-order valence-corrected chi connectivity index (χ0v) is 13.0. The molecule has 1 amide bonds. The summed E-state index contributed by atoms with van der Waals surface area (Å²) in [6.07, 6.45) is 0. The number of rotatable bonds is 4. The minimum absolute atomic E-state index is 0.0177. The minimum atomic E-state index is -0.469. The van der Waals surface area contributed by atoms with Crippen molar-refractivity contribution in [2.45, 2.75) is 0 Å². The number of benzene rings is 1. The molecule has 23 heavy (non-hydrogen) atoms. The van der Waals surface area contributed by atoms with Gasteiger partial charge in [-0.05, 0) is 12.1 Å². The quantitative estimate of drug-likeness (QED) is 0.550. The highest BCUT2D eigenvalue weighted by Crippen LogP contribution is 2.25. The standard InChI is InChI=1S/C14H9ClN4O3S/c15-12-5-4-11(23-12)14(20)16-13-7-10(17-18-13)8-2-1-3-9(6-8)19(21)22/h1-7H,(H2,16,17,18,20). The highest BCUT2D eigenvalue weighted by molar-refractivity contribution is 7.18. The molecule has 0 spiro atoms. The van der Waals surface area contributed by atoms with Crippen molar-refractivity contribution in [3.8, 4) is 11.3 Å². The van der Waals surface area contributed by atoms with E-state index in [0.29, 0.717) is 26.3 Å². The maximum atomic E-state index is 12.0. The van der Waals surface area contributed by atoms with Crippen LogP contribution in [0.4, 0.5) is 11.5 Å². The van der Waals surface area contributed by atoms with E-state index in [2.05, 4.69) is 15.5 Å². The van der Waals surface area contributed by atoms with Crippen molar-refractivity contribution in [2.75, 3.05) is 5.32 Å². The number of thiophene rings is 1. The fourth-order valence-electron chi connectivity index (χ4n) is 1.93. The number of carbonyl (C=O) groups excluding carboxylic acids is 1. The molecule has 0 saturated heterocycles. The Morgan fingerprint density at radius 2 is 2.13 bits per heavy atom. The lowest BCUT2D eigenvalue weighted by Crippen LogP contribution is -2.10. The molecule has 3 rings (SSSR count). The number of H-pyrrole nitrogens is 1. The number of amides is 1. The van der Waals surface area contributed by atoms with Gasteiger partial charge in [-0.1, -0.05) is 23.7 Å². The Labute approximate surface area is 139 Å². The lowest BCUT2D eigenvalue weighted by Gasteiger charge is -1.98. The van der Waals surface area contributed by atoms with Crippen molar-refractivity contribution < 1.29 is 9.72 Å². The first-order valence-electron chi connectivity index (χ1n) is 6.40. The molecular weight excluding hydrogens is 340 g/mol. The fourth-order valence-corrected chi connectivity index (χ4v) is 2.87. The summed E-state index contributed by atoms with van der Waals surface area (Å²) < 4.78 is 0.523. The van der Waals surface area contributed by atoms with E-state index in [0.717, 1.165) is 11.3 Å². The molecule has 0 atom stereocenters. The number of non-ortho nitro benzene ring substituents is 1. The first kappa shape index (κ1) is 15.2. The zero-order chi connectivity index (χ0) is 16.4. The van der Waals surface area contributed by atoms with Gasteiger partial charge in [0.25, 0.3) is 11.6 Å². The molecule has 0 aliphatic carbocycles. The molecule has 116 valence electrons. The van der Waals surface area contributed by atoms with Crippen molar-refractivity contribution in [1.29, 1.82) is 0 Å². The van der Waals surface area contributed by atoms with Crippen LogP contribution in [0.1, 0.15) is 9.67 Å². The molecule has 2 N–H and O–H groups in total. The van der Waals surface area contributed by atoms with Gasteiger partial charge in [0.2, 0.25) is 0 Å². The smallest absolute Gasteiger partial charge is 0.270 e. The molecule has 0 aliphatic heterocycles. The largest absolute Gasteiger partial charge is 0.304 e. The van der Waals surface area contributed by atoms with Gasteiger partial charge in [0.15, 0.2) is 5.82 Å². The third-order valence-electron chi connectivity index (χ3n) is 2.98. The van der Waals surface area contributed by atoms with Gasteiger partial charge in [-0.25, -0.2) is 0 Å². The third kappa shape index (κ3) is 3.38. The number of aromatic amines is 1. The summed E-state index contributed by atoms with van der Waals surface area (Å²) in [5.41, 5.74) is 1.15. The average molecular weight is 349 g/mol. The Balaban J connectivity index is 1.79. The van der Waals surface area contributed by atoms with E-state index in [1.54, 1.807) is 30.3 Å². The molecule has 1 aromatic carbocycles. The zero-order valence-electron chi connectivity index (χ0n) is 11.4. The van der Waals surface area contributed by atoms with E-state index in [-0.39, 0.29) is 11.6 Å². The molecule has 3 aromatic rings. The average Bonchev–Trinajstić information content (AvgIpc) is 3.16. The summed E-state index contributed by atoms with van der Waals surface area (Å²) in [5, 5.41) is 20.2. The second-order valence-electron chi connectivity index (χ2n) is 4.53. The van der Waals surface area contributed by atoms with Crippen LogP contribution >= 0.6 is 22.9 Å². The molecule has 2 aromatic heterocycles. The molecular formula is C14H9ClN4O3S. The van der Waals surface area contributed by atoms with Gasteiger partial charge >= 0.3 is 0 Å². The number of nitro benzene ring substituents is 1. The highest BCUT2D eigenvalue weighted by Gasteiger charge is 2.13. The molecule has 0 radical (unpaired) electrons. The molecule has 0 aliphatic rings. The fraction of sp³-hybridized carbons (Fsp3) is 0. The number of nitrogens with one attached hydrogen (secondary N) is 2. The Bertz CT molecular complexity index is 890. The number of hydrogen-bond acceptors (Lipinski definition) is 5. The number of anilines is 1. The van der Waals surface area contributed by atoms with Gasteiger partial charge in [-0.2, -0.15) is 5.10 Å². The summed E-state index contributed by atoms with van der Waals surface area (Å²) in [5.74, 6) is 0.0000193. The van der Waals surface area contributed by atoms with Crippen LogP contribution < -0.4 is 5.32 Å². The lowest BCUT2D eigenvalue weighted by molar-refractivity contribution is -0.384. The summed E-state index contributed by atoms with van der Waals surface area (Å²) in [6, 6.07) is 11.0. The molecule has 9 heteroatoms. The van der Waals surface area contributed by atoms with Crippen molar-refractivity contribution >= 4 is 40.4 Å². The Morgan fingerprint density at radius 1 is 1.30 bits per heavy atom. The van der Waals surface area contributed by atoms with Crippen LogP contribution in [0.5, 0.6) is 0 Å². The van der Waals surface area contributed by atoms with E-state index in [9.17, 15) is 14.9 Å².